The lowest BCUT2D eigenvalue weighted by atomic mass is 10.2. The summed E-state index contributed by atoms with van der Waals surface area (Å²) in [6.07, 6.45) is 15.1. The van der Waals surface area contributed by atoms with Gasteiger partial charge in [-0.1, -0.05) is 38.0 Å². The van der Waals surface area contributed by atoms with E-state index in [1.807, 2.05) is 0 Å². The van der Waals surface area contributed by atoms with E-state index in [2.05, 4.69) is 36.7 Å². The number of nitrogens with one attached hydrogen (secondary N) is 1. The third-order valence-electron chi connectivity index (χ3n) is 2.17. The van der Waals surface area contributed by atoms with Crippen LogP contribution in [0.5, 0.6) is 0 Å². The van der Waals surface area contributed by atoms with Gasteiger partial charge in [0, 0.05) is 6.04 Å². The van der Waals surface area contributed by atoms with Crippen molar-refractivity contribution >= 4 is 0 Å². The summed E-state index contributed by atoms with van der Waals surface area (Å²) in [5.41, 5.74) is 0. The zero-order valence-corrected chi connectivity index (χ0v) is 7.92. The highest BCUT2D eigenvalue weighted by atomic mass is 14.9. The molecule has 68 valence electrons. The molecule has 1 heteroatoms. The maximum absolute atomic E-state index is 3.37. The molecule has 1 N–H and O–H groups in total. The second kappa shape index (κ2) is 5.87. The molecule has 12 heavy (non-hydrogen) atoms. The van der Waals surface area contributed by atoms with Crippen molar-refractivity contribution in [2.45, 2.75) is 45.1 Å². The van der Waals surface area contributed by atoms with Gasteiger partial charge in [-0.2, -0.15) is 0 Å². The zero-order valence-electron chi connectivity index (χ0n) is 7.92. The Morgan fingerprint density at radius 3 is 3.17 bits per heavy atom. The summed E-state index contributed by atoms with van der Waals surface area (Å²) >= 11 is 0. The van der Waals surface area contributed by atoms with Crippen LogP contribution in [0.15, 0.2) is 24.4 Å². The molecule has 0 saturated carbocycles. The Morgan fingerprint density at radius 2 is 2.50 bits per heavy atom. The number of hydrogen-bond donors (Lipinski definition) is 1. The van der Waals surface area contributed by atoms with Gasteiger partial charge in [-0.3, -0.25) is 0 Å². The van der Waals surface area contributed by atoms with Crippen LogP contribution in [-0.2, 0) is 0 Å². The number of unbranched alkanes of at least 4 members (excludes halogenated alkanes) is 2. The molecule has 0 heterocycles. The second-order valence-corrected chi connectivity index (χ2v) is 3.32. The SMILES string of the molecule is CCCC/C=C\NC1C=CCC1. The van der Waals surface area contributed by atoms with Crippen molar-refractivity contribution in [3.05, 3.63) is 24.4 Å². The molecule has 1 rings (SSSR count). The molecule has 0 saturated heterocycles. The lowest BCUT2D eigenvalue weighted by Gasteiger charge is -2.05. The molecule has 0 aliphatic heterocycles. The maximum atomic E-state index is 3.37. The summed E-state index contributed by atoms with van der Waals surface area (Å²) in [7, 11) is 0. The predicted octanol–water partition coefficient (Wildman–Crippen LogP) is 3.00. The Kier molecular flexibility index (Phi) is 4.58. The molecule has 0 bridgehead atoms. The minimum Gasteiger partial charge on any atom is -0.385 e. The Balaban J connectivity index is 2.00. The van der Waals surface area contributed by atoms with Crippen molar-refractivity contribution in [3.8, 4) is 0 Å². The minimum atomic E-state index is 0.600. The van der Waals surface area contributed by atoms with Crippen LogP contribution in [0.25, 0.3) is 0 Å². The van der Waals surface area contributed by atoms with Crippen LogP contribution < -0.4 is 5.32 Å². The molecule has 1 unspecified atom stereocenters. The molecule has 1 aliphatic rings. The first-order chi connectivity index (χ1) is 5.93. The van der Waals surface area contributed by atoms with E-state index in [1.165, 1.54) is 32.1 Å². The third-order valence-corrected chi connectivity index (χ3v) is 2.17. The molecule has 0 spiro atoms. The summed E-state index contributed by atoms with van der Waals surface area (Å²) < 4.78 is 0. The van der Waals surface area contributed by atoms with Crippen LogP contribution in [0.4, 0.5) is 0 Å². The monoisotopic (exact) mass is 165 g/mol. The predicted molar refractivity (Wildman–Crippen MR) is 54.0 cm³/mol. The quantitative estimate of drug-likeness (QED) is 0.488. The summed E-state index contributed by atoms with van der Waals surface area (Å²) in [5.74, 6) is 0. The summed E-state index contributed by atoms with van der Waals surface area (Å²) in [6, 6.07) is 0.600. The van der Waals surface area contributed by atoms with Crippen molar-refractivity contribution in [2.75, 3.05) is 0 Å². The zero-order chi connectivity index (χ0) is 8.65. The molecule has 0 aromatic rings. The van der Waals surface area contributed by atoms with Gasteiger partial charge in [0.05, 0.1) is 0 Å². The van der Waals surface area contributed by atoms with Gasteiger partial charge < -0.3 is 5.32 Å². The van der Waals surface area contributed by atoms with Crippen LogP contribution in [-0.4, -0.2) is 6.04 Å². The Morgan fingerprint density at radius 1 is 1.58 bits per heavy atom. The van der Waals surface area contributed by atoms with E-state index in [4.69, 9.17) is 0 Å². The topological polar surface area (TPSA) is 12.0 Å². The Bertz CT molecular complexity index is 158. The average molecular weight is 165 g/mol. The highest BCUT2D eigenvalue weighted by Crippen LogP contribution is 2.08. The second-order valence-electron chi connectivity index (χ2n) is 3.32. The van der Waals surface area contributed by atoms with Gasteiger partial charge in [0.2, 0.25) is 0 Å². The molecule has 0 amide bonds. The van der Waals surface area contributed by atoms with E-state index in [0.29, 0.717) is 6.04 Å². The van der Waals surface area contributed by atoms with Gasteiger partial charge in [0.25, 0.3) is 0 Å². The molecule has 0 aromatic heterocycles. The first-order valence-electron chi connectivity index (χ1n) is 5.01. The lowest BCUT2D eigenvalue weighted by molar-refractivity contribution is 0.676. The summed E-state index contributed by atoms with van der Waals surface area (Å²) in [6.45, 7) is 2.22. The highest BCUT2D eigenvalue weighted by Gasteiger charge is 2.04. The molecular formula is C11H19N. The normalized spacial score (nSPS) is 22.2. The third kappa shape index (κ3) is 3.61. The van der Waals surface area contributed by atoms with E-state index in [0.717, 1.165) is 0 Å². The van der Waals surface area contributed by atoms with E-state index in [-0.39, 0.29) is 0 Å². The number of rotatable bonds is 5. The lowest BCUT2D eigenvalue weighted by Crippen LogP contribution is -2.18. The molecule has 1 nitrogen and oxygen atoms in total. The van der Waals surface area contributed by atoms with Gasteiger partial charge in [0.15, 0.2) is 0 Å². The van der Waals surface area contributed by atoms with Crippen molar-refractivity contribution < 1.29 is 0 Å². The van der Waals surface area contributed by atoms with Crippen molar-refractivity contribution in [3.63, 3.8) is 0 Å². The van der Waals surface area contributed by atoms with Crippen molar-refractivity contribution in [1.82, 2.24) is 5.32 Å². The molecule has 1 atom stereocenters. The van der Waals surface area contributed by atoms with Crippen molar-refractivity contribution in [1.29, 1.82) is 0 Å². The van der Waals surface area contributed by atoms with Crippen LogP contribution in [0, 0.1) is 0 Å². The van der Waals surface area contributed by atoms with Crippen molar-refractivity contribution in [2.24, 2.45) is 0 Å². The Labute approximate surface area is 75.6 Å². The van der Waals surface area contributed by atoms with Gasteiger partial charge in [-0.25, -0.2) is 0 Å². The highest BCUT2D eigenvalue weighted by molar-refractivity contribution is 5.02. The van der Waals surface area contributed by atoms with Crippen LogP contribution in [0.2, 0.25) is 0 Å². The van der Waals surface area contributed by atoms with E-state index >= 15 is 0 Å². The Hall–Kier alpha value is -0.720. The minimum absolute atomic E-state index is 0.600. The van der Waals surface area contributed by atoms with E-state index < -0.39 is 0 Å². The van der Waals surface area contributed by atoms with Gasteiger partial charge in [-0.05, 0) is 25.5 Å². The number of allylic oxidation sites excluding steroid dienone is 2. The van der Waals surface area contributed by atoms with E-state index in [1.54, 1.807) is 0 Å². The molecule has 0 radical (unpaired) electrons. The summed E-state index contributed by atoms with van der Waals surface area (Å²) in [4.78, 5) is 0. The fourth-order valence-corrected chi connectivity index (χ4v) is 1.37. The van der Waals surface area contributed by atoms with Crippen LogP contribution in [0.1, 0.15) is 39.0 Å². The molecule has 1 aliphatic carbocycles. The largest absolute Gasteiger partial charge is 0.385 e. The van der Waals surface area contributed by atoms with Crippen LogP contribution in [0.3, 0.4) is 0 Å². The fourth-order valence-electron chi connectivity index (χ4n) is 1.37. The summed E-state index contributed by atoms with van der Waals surface area (Å²) in [5, 5.41) is 3.37. The van der Waals surface area contributed by atoms with E-state index in [9.17, 15) is 0 Å². The smallest absolute Gasteiger partial charge is 0.0441 e. The van der Waals surface area contributed by atoms with Gasteiger partial charge in [0.1, 0.15) is 0 Å². The molecular weight excluding hydrogens is 146 g/mol. The first-order valence-corrected chi connectivity index (χ1v) is 5.01. The van der Waals surface area contributed by atoms with Gasteiger partial charge in [-0.15, -0.1) is 0 Å². The number of hydrogen-bond acceptors (Lipinski definition) is 1. The average Bonchev–Trinajstić information content (AvgIpc) is 2.57. The van der Waals surface area contributed by atoms with Crippen LogP contribution >= 0.6 is 0 Å². The maximum Gasteiger partial charge on any atom is 0.0441 e. The van der Waals surface area contributed by atoms with Gasteiger partial charge >= 0.3 is 0 Å². The standard InChI is InChI=1S/C11H19N/c1-2-3-4-7-10-12-11-8-5-6-9-11/h5,7-8,10-12H,2-4,6,9H2,1H3/b10-7-. The molecule has 0 aromatic carbocycles. The fraction of sp³-hybridized carbons (Fsp3) is 0.636. The first kappa shape index (κ1) is 9.37. The molecule has 0 fully saturated rings.